The molecule has 0 bridgehead atoms. The predicted octanol–water partition coefficient (Wildman–Crippen LogP) is 1.32. The van der Waals surface area contributed by atoms with Crippen LogP contribution in [0.3, 0.4) is 0 Å². The standard InChI is InChI=1S/C16H20N4O3S2/c1-19-14-13(15(22)20(2)16(19)23)17-11(18-14)6-4-3-5-9-7-12(24)25-8-10(9)21/h9H,3-8H2,1-2H3,(H,17,18). The van der Waals surface area contributed by atoms with E-state index >= 15 is 0 Å². The van der Waals surface area contributed by atoms with Crippen LogP contribution in [0, 0.1) is 5.92 Å². The molecule has 1 aliphatic heterocycles. The van der Waals surface area contributed by atoms with Crippen LogP contribution in [-0.2, 0) is 25.3 Å². The second-order valence-electron chi connectivity index (χ2n) is 6.36. The highest BCUT2D eigenvalue weighted by atomic mass is 32.2. The maximum Gasteiger partial charge on any atom is 0.332 e. The van der Waals surface area contributed by atoms with Crippen molar-refractivity contribution < 1.29 is 4.79 Å². The summed E-state index contributed by atoms with van der Waals surface area (Å²) in [6, 6.07) is 0. The molecule has 0 spiro atoms. The number of Topliss-reactive ketones (excluding diaryl/α,β-unsaturated/α-hetero) is 1. The van der Waals surface area contributed by atoms with Gasteiger partial charge >= 0.3 is 5.69 Å². The summed E-state index contributed by atoms with van der Waals surface area (Å²) >= 11 is 6.69. The number of ketones is 1. The van der Waals surface area contributed by atoms with Crippen LogP contribution in [0.25, 0.3) is 11.2 Å². The average molecular weight is 380 g/mol. The van der Waals surface area contributed by atoms with E-state index in [1.54, 1.807) is 7.05 Å². The van der Waals surface area contributed by atoms with Crippen LogP contribution in [0.2, 0.25) is 0 Å². The largest absolute Gasteiger partial charge is 0.336 e. The van der Waals surface area contributed by atoms with Crippen molar-refractivity contribution in [1.29, 1.82) is 0 Å². The molecule has 0 radical (unpaired) electrons. The smallest absolute Gasteiger partial charge is 0.332 e. The Morgan fingerprint density at radius 1 is 1.24 bits per heavy atom. The summed E-state index contributed by atoms with van der Waals surface area (Å²) in [5, 5.41) is 0. The van der Waals surface area contributed by atoms with Gasteiger partial charge in [0.15, 0.2) is 5.65 Å². The molecule has 0 aliphatic carbocycles. The van der Waals surface area contributed by atoms with Crippen molar-refractivity contribution in [2.24, 2.45) is 20.0 Å². The van der Waals surface area contributed by atoms with Crippen molar-refractivity contribution in [3.63, 3.8) is 0 Å². The highest BCUT2D eigenvalue weighted by molar-refractivity contribution is 8.23. The van der Waals surface area contributed by atoms with Gasteiger partial charge in [0.2, 0.25) is 0 Å². The van der Waals surface area contributed by atoms with Gasteiger partial charge in [-0.15, -0.1) is 11.8 Å². The van der Waals surface area contributed by atoms with Crippen molar-refractivity contribution in [3.8, 4) is 0 Å². The lowest BCUT2D eigenvalue weighted by atomic mass is 9.94. The molecule has 9 heteroatoms. The molecule has 134 valence electrons. The monoisotopic (exact) mass is 380 g/mol. The average Bonchev–Trinajstić information content (AvgIpc) is 3.02. The van der Waals surface area contributed by atoms with E-state index in [-0.39, 0.29) is 17.2 Å². The Morgan fingerprint density at radius 3 is 2.76 bits per heavy atom. The highest BCUT2D eigenvalue weighted by Crippen LogP contribution is 2.27. The number of hydrogen-bond donors (Lipinski definition) is 1. The number of fused-ring (bicyclic) bond motifs is 1. The molecular weight excluding hydrogens is 360 g/mol. The second-order valence-corrected chi connectivity index (χ2v) is 8.18. The Labute approximate surface area is 153 Å². The number of aryl methyl sites for hydroxylation is 2. The number of nitrogens with one attached hydrogen (secondary N) is 1. The van der Waals surface area contributed by atoms with Crippen molar-refractivity contribution in [1.82, 2.24) is 19.1 Å². The highest BCUT2D eigenvalue weighted by Gasteiger charge is 2.25. The van der Waals surface area contributed by atoms with E-state index < -0.39 is 0 Å². The van der Waals surface area contributed by atoms with Crippen LogP contribution in [0.4, 0.5) is 0 Å². The molecule has 1 unspecified atom stereocenters. The first-order valence-electron chi connectivity index (χ1n) is 8.21. The number of aromatic nitrogens is 4. The number of thiocarbonyl (C=S) groups is 1. The van der Waals surface area contributed by atoms with E-state index in [1.165, 1.54) is 23.4 Å². The van der Waals surface area contributed by atoms with Gasteiger partial charge in [-0.05, 0) is 19.3 Å². The van der Waals surface area contributed by atoms with Gasteiger partial charge in [0, 0.05) is 30.6 Å². The van der Waals surface area contributed by atoms with Gasteiger partial charge in [-0.2, -0.15) is 0 Å². The number of aromatic amines is 1. The molecule has 1 N–H and O–H groups in total. The number of thioether (sulfide) groups is 1. The third-order valence-corrected chi connectivity index (χ3v) is 6.04. The van der Waals surface area contributed by atoms with Crippen LogP contribution in [-0.4, -0.2) is 34.8 Å². The minimum atomic E-state index is -0.389. The molecule has 0 saturated carbocycles. The molecule has 3 rings (SSSR count). The third kappa shape index (κ3) is 3.62. The fraction of sp³-hybridized carbons (Fsp3) is 0.562. The Kier molecular flexibility index (Phi) is 5.24. The zero-order valence-electron chi connectivity index (χ0n) is 14.2. The van der Waals surface area contributed by atoms with E-state index in [9.17, 15) is 14.4 Å². The van der Waals surface area contributed by atoms with Crippen molar-refractivity contribution >= 4 is 45.1 Å². The summed E-state index contributed by atoms with van der Waals surface area (Å²) in [4.78, 5) is 43.4. The van der Waals surface area contributed by atoms with Gasteiger partial charge in [0.1, 0.15) is 17.1 Å². The number of imidazole rings is 1. The van der Waals surface area contributed by atoms with E-state index in [0.717, 1.165) is 28.0 Å². The fourth-order valence-electron chi connectivity index (χ4n) is 3.08. The van der Waals surface area contributed by atoms with Gasteiger partial charge < -0.3 is 4.98 Å². The number of H-pyrrole nitrogens is 1. The first kappa shape index (κ1) is 18.1. The SMILES string of the molecule is Cn1c(=O)c2[nH]c(CCCCC3CC(=S)SCC3=O)nc2n(C)c1=O. The molecule has 1 atom stereocenters. The topological polar surface area (TPSA) is 89.8 Å². The fourth-order valence-corrected chi connectivity index (χ4v) is 4.32. The Morgan fingerprint density at radius 2 is 2.00 bits per heavy atom. The number of rotatable bonds is 5. The molecule has 1 fully saturated rings. The first-order valence-corrected chi connectivity index (χ1v) is 9.61. The first-order chi connectivity index (χ1) is 11.9. The van der Waals surface area contributed by atoms with Crippen molar-refractivity contribution in [3.05, 3.63) is 26.7 Å². The molecule has 1 saturated heterocycles. The Bertz CT molecular complexity index is 957. The lowest BCUT2D eigenvalue weighted by Gasteiger charge is -2.20. The summed E-state index contributed by atoms with van der Waals surface area (Å²) in [7, 11) is 3.05. The summed E-state index contributed by atoms with van der Waals surface area (Å²) in [5.41, 5.74) is -0.0202. The summed E-state index contributed by atoms with van der Waals surface area (Å²) in [6.07, 6.45) is 3.98. The zero-order valence-corrected chi connectivity index (χ0v) is 15.8. The molecule has 0 amide bonds. The Balaban J connectivity index is 1.64. The van der Waals surface area contributed by atoms with E-state index in [1.807, 2.05) is 0 Å². The minimum absolute atomic E-state index is 0.0533. The normalized spacial score (nSPS) is 18.2. The number of nitrogens with zero attached hydrogens (tertiary/aromatic N) is 3. The van der Waals surface area contributed by atoms with E-state index in [0.29, 0.717) is 41.4 Å². The van der Waals surface area contributed by atoms with Gasteiger partial charge in [0.05, 0.1) is 5.75 Å². The minimum Gasteiger partial charge on any atom is -0.336 e. The van der Waals surface area contributed by atoms with E-state index in [4.69, 9.17) is 12.2 Å². The van der Waals surface area contributed by atoms with Crippen LogP contribution in [0.1, 0.15) is 31.5 Å². The van der Waals surface area contributed by atoms with Crippen LogP contribution >= 0.6 is 24.0 Å². The van der Waals surface area contributed by atoms with Crippen LogP contribution in [0.5, 0.6) is 0 Å². The molecule has 1 aliphatic rings. The zero-order chi connectivity index (χ0) is 18.1. The second kappa shape index (κ2) is 7.25. The number of carbonyl (C=O) groups excluding carboxylic acids is 1. The van der Waals surface area contributed by atoms with Crippen LogP contribution in [0.15, 0.2) is 9.59 Å². The van der Waals surface area contributed by atoms with Gasteiger partial charge in [0.25, 0.3) is 5.56 Å². The molecule has 0 aromatic carbocycles. The summed E-state index contributed by atoms with van der Waals surface area (Å²) in [5.74, 6) is 1.54. The number of hydrogen-bond acceptors (Lipinski definition) is 6. The lowest BCUT2D eigenvalue weighted by molar-refractivity contribution is -0.120. The molecule has 7 nitrogen and oxygen atoms in total. The predicted molar refractivity (Wildman–Crippen MR) is 102 cm³/mol. The Hall–Kier alpha value is -1.74. The lowest BCUT2D eigenvalue weighted by Crippen LogP contribution is -2.36. The molecule has 3 heterocycles. The summed E-state index contributed by atoms with van der Waals surface area (Å²) < 4.78 is 3.37. The summed E-state index contributed by atoms with van der Waals surface area (Å²) in [6.45, 7) is 0. The van der Waals surface area contributed by atoms with Crippen molar-refractivity contribution in [2.75, 3.05) is 5.75 Å². The molecule has 25 heavy (non-hydrogen) atoms. The molecular formula is C16H20N4O3S2. The quantitative estimate of drug-likeness (QED) is 0.622. The van der Waals surface area contributed by atoms with Gasteiger partial charge in [-0.25, -0.2) is 9.78 Å². The maximum atomic E-state index is 12.1. The van der Waals surface area contributed by atoms with Gasteiger partial charge in [-0.3, -0.25) is 18.7 Å². The number of unbranched alkanes of at least 4 members (excludes halogenated alkanes) is 1. The van der Waals surface area contributed by atoms with Gasteiger partial charge in [-0.1, -0.05) is 18.6 Å². The van der Waals surface area contributed by atoms with Crippen LogP contribution < -0.4 is 11.2 Å². The van der Waals surface area contributed by atoms with E-state index in [2.05, 4.69) is 9.97 Å². The molecule has 2 aromatic rings. The maximum absolute atomic E-state index is 12.1. The third-order valence-electron chi connectivity index (χ3n) is 4.60. The molecule has 2 aromatic heterocycles. The number of carbonyl (C=O) groups is 1. The van der Waals surface area contributed by atoms with Crippen molar-refractivity contribution in [2.45, 2.75) is 32.1 Å².